The van der Waals surface area contributed by atoms with Crippen LogP contribution in [0.1, 0.15) is 41.5 Å². The third-order valence-electron chi connectivity index (χ3n) is 6.06. The lowest BCUT2D eigenvalue weighted by molar-refractivity contribution is -0.115. The van der Waals surface area contributed by atoms with Gasteiger partial charge in [-0.25, -0.2) is 0 Å². The molecule has 1 saturated carbocycles. The van der Waals surface area contributed by atoms with E-state index in [9.17, 15) is 4.79 Å². The van der Waals surface area contributed by atoms with Gasteiger partial charge in [0.05, 0.1) is 19.0 Å². The van der Waals surface area contributed by atoms with Crippen molar-refractivity contribution in [2.45, 2.75) is 31.1 Å². The molecule has 1 aliphatic carbocycles. The summed E-state index contributed by atoms with van der Waals surface area (Å²) in [4.78, 5) is 16.8. The van der Waals surface area contributed by atoms with Crippen molar-refractivity contribution in [3.63, 3.8) is 0 Å². The number of carbonyl (C=O) groups is 1. The molecule has 156 valence electrons. The third-order valence-corrected chi connectivity index (χ3v) is 6.06. The number of hydrogen-bond donors (Lipinski definition) is 2. The molecule has 0 bridgehead atoms. The van der Waals surface area contributed by atoms with Gasteiger partial charge in [0, 0.05) is 29.3 Å². The molecule has 0 radical (unpaired) electrons. The van der Waals surface area contributed by atoms with E-state index in [1.165, 1.54) is 5.56 Å². The van der Waals surface area contributed by atoms with Crippen molar-refractivity contribution in [1.29, 1.82) is 0 Å². The number of methoxy groups -OCH3 is 1. The first-order valence-corrected chi connectivity index (χ1v) is 10.5. The molecule has 2 aromatic carbocycles. The Balaban J connectivity index is 1.16. The number of nitrogens with one attached hydrogen (secondary N) is 2. The van der Waals surface area contributed by atoms with Crippen molar-refractivity contribution in [2.24, 2.45) is 0 Å². The summed E-state index contributed by atoms with van der Waals surface area (Å²) in [6, 6.07) is 20.1. The lowest BCUT2D eigenvalue weighted by Crippen LogP contribution is -2.20. The second-order valence-electron chi connectivity index (χ2n) is 8.10. The van der Waals surface area contributed by atoms with Crippen LogP contribution in [0.4, 0.5) is 5.82 Å². The molecule has 5 rings (SSSR count). The zero-order valence-electron chi connectivity index (χ0n) is 17.3. The van der Waals surface area contributed by atoms with Gasteiger partial charge in [-0.1, -0.05) is 24.3 Å². The number of aromatic amines is 1. The van der Waals surface area contributed by atoms with E-state index in [4.69, 9.17) is 4.74 Å². The number of aromatic nitrogens is 3. The van der Waals surface area contributed by atoms with Crippen molar-refractivity contribution in [3.05, 3.63) is 83.7 Å². The monoisotopic (exact) mass is 412 g/mol. The third kappa shape index (κ3) is 4.14. The van der Waals surface area contributed by atoms with Gasteiger partial charge in [-0.2, -0.15) is 5.10 Å². The summed E-state index contributed by atoms with van der Waals surface area (Å²) in [6.45, 7) is 0. The van der Waals surface area contributed by atoms with Crippen LogP contribution >= 0.6 is 0 Å². The van der Waals surface area contributed by atoms with Crippen LogP contribution in [0.2, 0.25) is 0 Å². The van der Waals surface area contributed by atoms with Gasteiger partial charge < -0.3 is 10.1 Å². The van der Waals surface area contributed by atoms with Crippen LogP contribution in [0.5, 0.6) is 5.75 Å². The number of H-pyrrole nitrogens is 1. The van der Waals surface area contributed by atoms with Crippen LogP contribution in [-0.4, -0.2) is 28.2 Å². The summed E-state index contributed by atoms with van der Waals surface area (Å²) in [5.41, 5.74) is 4.31. The van der Waals surface area contributed by atoms with Gasteiger partial charge in [0.1, 0.15) is 5.75 Å². The zero-order chi connectivity index (χ0) is 21.2. The fourth-order valence-corrected chi connectivity index (χ4v) is 4.24. The van der Waals surface area contributed by atoms with E-state index in [0.717, 1.165) is 40.8 Å². The van der Waals surface area contributed by atoms with Crippen LogP contribution in [0, 0.1) is 0 Å². The number of pyridine rings is 1. The number of ether oxygens (including phenoxy) is 1. The minimum absolute atomic E-state index is 0.0778. The Hall–Kier alpha value is -3.67. The molecule has 2 aromatic heterocycles. The highest BCUT2D eigenvalue weighted by Crippen LogP contribution is 2.47. The van der Waals surface area contributed by atoms with Gasteiger partial charge in [0.15, 0.2) is 5.82 Å². The molecule has 0 spiro atoms. The molecule has 31 heavy (non-hydrogen) atoms. The number of amides is 1. The lowest BCUT2D eigenvalue weighted by atomic mass is 9.70. The zero-order valence-corrected chi connectivity index (χ0v) is 17.3. The summed E-state index contributed by atoms with van der Waals surface area (Å²) >= 11 is 0. The molecule has 1 aliphatic rings. The van der Waals surface area contributed by atoms with Crippen LogP contribution in [-0.2, 0) is 11.2 Å². The molecule has 0 saturated heterocycles. The topological polar surface area (TPSA) is 79.9 Å². The van der Waals surface area contributed by atoms with Crippen molar-refractivity contribution in [2.75, 3.05) is 12.4 Å². The van der Waals surface area contributed by atoms with Crippen LogP contribution in [0.25, 0.3) is 10.9 Å². The Bertz CT molecular complexity index is 1210. The Morgan fingerprint density at radius 1 is 1.10 bits per heavy atom. The van der Waals surface area contributed by atoms with Crippen molar-refractivity contribution < 1.29 is 9.53 Å². The molecule has 2 heterocycles. The van der Waals surface area contributed by atoms with Gasteiger partial charge in [-0.3, -0.25) is 14.9 Å². The quantitative estimate of drug-likeness (QED) is 0.476. The highest BCUT2D eigenvalue weighted by molar-refractivity contribution is 5.92. The van der Waals surface area contributed by atoms with Gasteiger partial charge in [-0.15, -0.1) is 0 Å². The maximum atomic E-state index is 12.5. The SMILES string of the molecule is COc1ccc([C@H]2C[C@@H](c3cc(NC(=O)Cc4ccc5ncccc5c4)n[nH]3)C2)cc1. The molecule has 0 aliphatic heterocycles. The van der Waals surface area contributed by atoms with E-state index in [-0.39, 0.29) is 5.91 Å². The molecule has 6 heteroatoms. The first-order valence-electron chi connectivity index (χ1n) is 10.5. The number of carbonyl (C=O) groups excluding carboxylic acids is 1. The molecule has 6 nitrogen and oxygen atoms in total. The Morgan fingerprint density at radius 3 is 2.74 bits per heavy atom. The summed E-state index contributed by atoms with van der Waals surface area (Å²) in [7, 11) is 1.68. The van der Waals surface area contributed by atoms with E-state index in [1.54, 1.807) is 13.3 Å². The molecule has 2 N–H and O–H groups in total. The van der Waals surface area contributed by atoms with E-state index in [0.29, 0.717) is 24.1 Å². The molecule has 0 unspecified atom stereocenters. The number of nitrogens with zero attached hydrogens (tertiary/aromatic N) is 2. The largest absolute Gasteiger partial charge is 0.497 e. The molecular weight excluding hydrogens is 388 g/mol. The van der Waals surface area contributed by atoms with Crippen LogP contribution in [0.3, 0.4) is 0 Å². The van der Waals surface area contributed by atoms with E-state index >= 15 is 0 Å². The summed E-state index contributed by atoms with van der Waals surface area (Å²) in [5.74, 6) is 2.38. The Kier molecular flexibility index (Phi) is 5.12. The van der Waals surface area contributed by atoms with Gasteiger partial charge in [0.25, 0.3) is 0 Å². The standard InChI is InChI=1S/C25H24N4O2/c1-31-21-7-5-17(6-8-21)19-13-20(14-19)23-15-24(29-28-23)27-25(30)12-16-4-9-22-18(11-16)3-2-10-26-22/h2-11,15,19-20H,12-14H2,1H3,(H2,27,28,29,30)/t19-,20+. The van der Waals surface area contributed by atoms with E-state index < -0.39 is 0 Å². The summed E-state index contributed by atoms with van der Waals surface area (Å²) in [5, 5.41) is 11.3. The highest BCUT2D eigenvalue weighted by atomic mass is 16.5. The van der Waals surface area contributed by atoms with Crippen molar-refractivity contribution >= 4 is 22.6 Å². The molecular formula is C25H24N4O2. The average molecular weight is 412 g/mol. The molecule has 0 atom stereocenters. The van der Waals surface area contributed by atoms with Crippen LogP contribution in [0.15, 0.2) is 66.9 Å². The second kappa shape index (κ2) is 8.22. The molecule has 4 aromatic rings. The smallest absolute Gasteiger partial charge is 0.229 e. The maximum Gasteiger partial charge on any atom is 0.229 e. The van der Waals surface area contributed by atoms with E-state index in [1.807, 2.05) is 48.5 Å². The fourth-order valence-electron chi connectivity index (χ4n) is 4.24. The lowest BCUT2D eigenvalue weighted by Gasteiger charge is -2.35. The number of fused-ring (bicyclic) bond motifs is 1. The number of hydrogen-bond acceptors (Lipinski definition) is 4. The van der Waals surface area contributed by atoms with Gasteiger partial charge >= 0.3 is 0 Å². The highest BCUT2D eigenvalue weighted by Gasteiger charge is 2.32. The maximum absolute atomic E-state index is 12.5. The predicted molar refractivity (Wildman–Crippen MR) is 120 cm³/mol. The van der Waals surface area contributed by atoms with Gasteiger partial charge in [0.2, 0.25) is 5.91 Å². The molecule has 1 amide bonds. The minimum Gasteiger partial charge on any atom is -0.497 e. The Morgan fingerprint density at radius 2 is 1.94 bits per heavy atom. The summed E-state index contributed by atoms with van der Waals surface area (Å²) < 4.78 is 5.23. The van der Waals surface area contributed by atoms with Crippen LogP contribution < -0.4 is 10.1 Å². The fraction of sp³-hybridized carbons (Fsp3) is 0.240. The normalized spacial score (nSPS) is 17.8. The summed E-state index contributed by atoms with van der Waals surface area (Å²) in [6.07, 6.45) is 4.22. The Labute approximate surface area is 180 Å². The average Bonchev–Trinajstić information content (AvgIpc) is 3.20. The first kappa shape index (κ1) is 19.3. The minimum atomic E-state index is -0.0778. The van der Waals surface area contributed by atoms with Gasteiger partial charge in [-0.05, 0) is 60.2 Å². The number of anilines is 1. The predicted octanol–water partition coefficient (Wildman–Crippen LogP) is 4.81. The number of rotatable bonds is 6. The van der Waals surface area contributed by atoms with Crippen molar-refractivity contribution in [1.82, 2.24) is 15.2 Å². The van der Waals surface area contributed by atoms with Crippen molar-refractivity contribution in [3.8, 4) is 5.75 Å². The second-order valence-corrected chi connectivity index (χ2v) is 8.10. The number of benzene rings is 2. The first-order chi connectivity index (χ1) is 15.2. The molecule has 1 fully saturated rings. The van der Waals surface area contributed by atoms with E-state index in [2.05, 4.69) is 32.6 Å².